The topological polar surface area (TPSA) is 54.3 Å². The predicted octanol–water partition coefficient (Wildman–Crippen LogP) is 5.15. The van der Waals surface area contributed by atoms with Crippen LogP contribution in [0.1, 0.15) is 79.6 Å². The number of thioether (sulfide) groups is 1. The van der Waals surface area contributed by atoms with Gasteiger partial charge >= 0.3 is 0 Å². The maximum absolute atomic E-state index is 9.32. The summed E-state index contributed by atoms with van der Waals surface area (Å²) in [6.07, 6.45) is 8.21. The van der Waals surface area contributed by atoms with Gasteiger partial charge in [0, 0.05) is 57.2 Å². The molecule has 7 heteroatoms. The fourth-order valence-corrected chi connectivity index (χ4v) is 7.89. The minimum Gasteiger partial charge on any atom is -0.395 e. The molecule has 0 aromatic carbocycles. The van der Waals surface area contributed by atoms with E-state index in [9.17, 15) is 5.11 Å². The number of aliphatic hydroxyl groups is 1. The average molecular weight is 516 g/mol. The zero-order valence-corrected chi connectivity index (χ0v) is 24.4. The van der Waals surface area contributed by atoms with Gasteiger partial charge in [0.1, 0.15) is 5.82 Å². The average Bonchev–Trinajstić information content (AvgIpc) is 3.24. The molecule has 3 aliphatic heterocycles. The summed E-state index contributed by atoms with van der Waals surface area (Å²) in [5, 5.41) is 15.4. The van der Waals surface area contributed by atoms with Gasteiger partial charge in [0.2, 0.25) is 0 Å². The van der Waals surface area contributed by atoms with Gasteiger partial charge in [-0.3, -0.25) is 14.8 Å². The maximum atomic E-state index is 9.32. The Morgan fingerprint density at radius 3 is 2.39 bits per heavy atom. The second-order valence-electron chi connectivity index (χ2n) is 11.2. The Bertz CT molecular complexity index is 915. The Kier molecular flexibility index (Phi) is 9.64. The molecular weight excluding hydrogens is 466 g/mol. The van der Waals surface area contributed by atoms with Crippen molar-refractivity contribution in [3.63, 3.8) is 0 Å². The van der Waals surface area contributed by atoms with E-state index in [0.29, 0.717) is 5.25 Å². The van der Waals surface area contributed by atoms with Crippen molar-refractivity contribution in [3.8, 4) is 0 Å². The molecule has 0 radical (unpaired) electrons. The number of hydrogen-bond acceptors (Lipinski definition) is 7. The lowest BCUT2D eigenvalue weighted by Crippen LogP contribution is -2.55. The normalized spacial score (nSPS) is 29.0. The van der Waals surface area contributed by atoms with Crippen LogP contribution >= 0.6 is 11.8 Å². The lowest BCUT2D eigenvalue weighted by molar-refractivity contribution is 0.0758. The van der Waals surface area contributed by atoms with Crippen LogP contribution in [0.3, 0.4) is 0 Å². The monoisotopic (exact) mass is 515 g/mol. The number of hydrogen-bond donors (Lipinski definition) is 2. The molecule has 0 saturated carbocycles. The van der Waals surface area contributed by atoms with Crippen molar-refractivity contribution in [2.24, 2.45) is 10.9 Å². The van der Waals surface area contributed by atoms with E-state index in [4.69, 9.17) is 4.99 Å². The van der Waals surface area contributed by atoms with E-state index >= 15 is 0 Å². The quantitative estimate of drug-likeness (QED) is 0.436. The second kappa shape index (κ2) is 12.5. The highest BCUT2D eigenvalue weighted by Crippen LogP contribution is 2.48. The molecule has 0 aromatic rings. The number of β-amino-alcohol motifs (C(OH)–C–C–N with tert-alkyl or cyclic N) is 1. The smallest absolute Gasteiger partial charge is 0.177 e. The van der Waals surface area contributed by atoms with Crippen molar-refractivity contribution in [2.75, 3.05) is 46.4 Å². The first-order chi connectivity index (χ1) is 17.3. The largest absolute Gasteiger partial charge is 0.395 e. The number of allylic oxidation sites excluding steroid dienone is 4. The van der Waals surface area contributed by atoms with Crippen LogP contribution < -0.4 is 5.32 Å². The number of nitrogens with zero attached hydrogens (tertiary/aromatic N) is 4. The Labute approximate surface area is 224 Å². The summed E-state index contributed by atoms with van der Waals surface area (Å²) in [5.74, 6) is 2.06. The van der Waals surface area contributed by atoms with Crippen molar-refractivity contribution in [2.45, 2.75) is 91.1 Å². The Morgan fingerprint density at radius 2 is 1.75 bits per heavy atom. The van der Waals surface area contributed by atoms with Crippen LogP contribution in [0.25, 0.3) is 0 Å². The summed E-state index contributed by atoms with van der Waals surface area (Å²) in [6.45, 7) is 16.4. The van der Waals surface area contributed by atoms with Crippen molar-refractivity contribution in [1.29, 1.82) is 0 Å². The van der Waals surface area contributed by atoms with Crippen molar-refractivity contribution >= 4 is 17.5 Å². The third-order valence-electron chi connectivity index (χ3n) is 8.80. The maximum Gasteiger partial charge on any atom is 0.177 e. The van der Waals surface area contributed by atoms with Gasteiger partial charge in [0.15, 0.2) is 6.29 Å². The molecule has 3 atom stereocenters. The first-order valence-electron chi connectivity index (χ1n) is 14.2. The molecule has 3 heterocycles. The molecule has 0 aromatic heterocycles. The number of rotatable bonds is 8. The minimum atomic E-state index is -0.0234. The van der Waals surface area contributed by atoms with Crippen LogP contribution in [0.5, 0.6) is 0 Å². The fourth-order valence-electron chi connectivity index (χ4n) is 6.25. The molecule has 0 bridgehead atoms. The Morgan fingerprint density at radius 1 is 1.03 bits per heavy atom. The highest BCUT2D eigenvalue weighted by molar-refractivity contribution is 8.03. The van der Waals surface area contributed by atoms with Crippen LogP contribution in [0.15, 0.2) is 38.1 Å². The van der Waals surface area contributed by atoms with Crippen LogP contribution in [-0.2, 0) is 0 Å². The van der Waals surface area contributed by atoms with Gasteiger partial charge in [0.05, 0.1) is 11.6 Å². The summed E-state index contributed by atoms with van der Waals surface area (Å²) in [5.41, 5.74) is 7.54. The highest BCUT2D eigenvalue weighted by Gasteiger charge is 2.36. The number of aliphatic imine (C=N–C) groups is 1. The molecule has 1 aliphatic carbocycles. The molecule has 3 unspecified atom stereocenters. The molecule has 6 nitrogen and oxygen atoms in total. The third kappa shape index (κ3) is 6.23. The molecule has 4 aliphatic rings. The van der Waals surface area contributed by atoms with Gasteiger partial charge < -0.3 is 15.3 Å². The van der Waals surface area contributed by atoms with E-state index in [1.54, 1.807) is 16.7 Å². The molecular formula is C29H49N5OS. The van der Waals surface area contributed by atoms with Crippen molar-refractivity contribution < 1.29 is 5.11 Å². The second-order valence-corrected chi connectivity index (χ2v) is 12.4. The molecule has 1 saturated heterocycles. The van der Waals surface area contributed by atoms with Crippen molar-refractivity contribution in [3.05, 3.63) is 33.1 Å². The van der Waals surface area contributed by atoms with Gasteiger partial charge in [-0.15, -0.1) is 11.8 Å². The first kappa shape index (κ1) is 27.7. The molecule has 36 heavy (non-hydrogen) atoms. The molecule has 4 rings (SSSR count). The minimum absolute atomic E-state index is 0.0234. The molecule has 1 fully saturated rings. The van der Waals surface area contributed by atoms with Gasteiger partial charge in [-0.1, -0.05) is 25.0 Å². The van der Waals surface area contributed by atoms with Crippen LogP contribution in [0.2, 0.25) is 0 Å². The molecule has 2 N–H and O–H groups in total. The van der Waals surface area contributed by atoms with Gasteiger partial charge in [0.25, 0.3) is 0 Å². The van der Waals surface area contributed by atoms with E-state index in [-0.39, 0.29) is 12.9 Å². The van der Waals surface area contributed by atoms with Gasteiger partial charge in [-0.2, -0.15) is 0 Å². The van der Waals surface area contributed by atoms with E-state index in [1.165, 1.54) is 47.8 Å². The van der Waals surface area contributed by atoms with E-state index in [0.717, 1.165) is 57.9 Å². The number of aliphatic hydroxyl groups excluding tert-OH is 1. The summed E-state index contributed by atoms with van der Waals surface area (Å²) in [6, 6.07) is 0. The summed E-state index contributed by atoms with van der Waals surface area (Å²) in [4.78, 5) is 12.5. The zero-order valence-electron chi connectivity index (χ0n) is 23.6. The predicted molar refractivity (Wildman–Crippen MR) is 154 cm³/mol. The lowest BCUT2D eigenvalue weighted by atomic mass is 9.81. The first-order valence-corrected chi connectivity index (χ1v) is 15.1. The van der Waals surface area contributed by atoms with Gasteiger partial charge in [-0.25, -0.2) is 0 Å². The van der Waals surface area contributed by atoms with Crippen molar-refractivity contribution in [1.82, 2.24) is 20.0 Å². The molecule has 202 valence electrons. The fraction of sp³-hybridized carbons (Fsp3) is 0.759. The third-order valence-corrected chi connectivity index (χ3v) is 10.4. The van der Waals surface area contributed by atoms with Crippen LogP contribution in [0.4, 0.5) is 0 Å². The van der Waals surface area contributed by atoms with E-state index in [1.807, 2.05) is 0 Å². The summed E-state index contributed by atoms with van der Waals surface area (Å²) < 4.78 is 0. The van der Waals surface area contributed by atoms with Crippen LogP contribution in [-0.4, -0.2) is 83.4 Å². The van der Waals surface area contributed by atoms with E-state index < -0.39 is 0 Å². The summed E-state index contributed by atoms with van der Waals surface area (Å²) in [7, 11) is 2.28. The number of piperazine rings is 1. The van der Waals surface area contributed by atoms with Gasteiger partial charge in [-0.05, 0) is 76.4 Å². The highest BCUT2D eigenvalue weighted by atomic mass is 32.2. The number of nitrogens with one attached hydrogen (secondary N) is 1. The lowest BCUT2D eigenvalue weighted by Gasteiger charge is -2.39. The summed E-state index contributed by atoms with van der Waals surface area (Å²) >= 11 is 2.15. The SMILES string of the molecule is CCC1=C(N(C)C2=C(CC)CC(C3CCC(C)=C(C)C3)S2)NC(N2CCN(CCO)CC2)N=C(C)C1. The standard InChI is InChI=1S/C29H49N5OS/c1-7-23-18-22(5)30-29(34-13-11-33(12-14-34)15-16-35)31-27(23)32(6)28-24(8-2)19-26(36-28)25-10-9-20(3)21(4)17-25/h25-26,29,31,35H,7-19H2,1-6H3. The molecule has 0 amide bonds. The Hall–Kier alpha value is -1.28. The Balaban J connectivity index is 1.51. The van der Waals surface area contributed by atoms with Crippen LogP contribution in [0, 0.1) is 5.92 Å². The molecule has 0 spiro atoms. The zero-order chi connectivity index (χ0) is 25.8. The van der Waals surface area contributed by atoms with E-state index in [2.05, 4.69) is 73.4 Å².